The van der Waals surface area contributed by atoms with Gasteiger partial charge in [0.1, 0.15) is 0 Å². The summed E-state index contributed by atoms with van der Waals surface area (Å²) in [5.74, 6) is 0. The molecule has 0 unspecified atom stereocenters. The van der Waals surface area contributed by atoms with E-state index in [1.165, 1.54) is 49.9 Å². The van der Waals surface area contributed by atoms with Crippen LogP contribution in [0.5, 0.6) is 0 Å². The molecule has 114 valence electrons. The van der Waals surface area contributed by atoms with E-state index in [0.29, 0.717) is 0 Å². The molecule has 0 saturated heterocycles. The maximum absolute atomic E-state index is 2.32. The number of quaternary nitrogens is 2. The van der Waals surface area contributed by atoms with Crippen LogP contribution in [0.4, 0.5) is 0 Å². The molecule has 1 aromatic rings. The highest BCUT2D eigenvalue weighted by Gasteiger charge is 2.07. The van der Waals surface area contributed by atoms with E-state index in [2.05, 4.69) is 66.6 Å². The van der Waals surface area contributed by atoms with E-state index >= 15 is 0 Å². The van der Waals surface area contributed by atoms with Crippen LogP contribution in [-0.4, -0.2) is 64.3 Å². The number of aryl methyl sites for hydroxylation is 2. The van der Waals surface area contributed by atoms with Gasteiger partial charge in [0.2, 0.25) is 0 Å². The molecule has 0 aliphatic carbocycles. The SMILES string of the molecule is C[N+](C)(C)CCCc1ccc(CCC[N+](C)(C)C)cc1. The second-order valence-electron chi connectivity index (χ2n) is 8.05. The Hall–Kier alpha value is -0.860. The van der Waals surface area contributed by atoms with Gasteiger partial charge in [-0.2, -0.15) is 0 Å². The molecule has 0 aliphatic rings. The van der Waals surface area contributed by atoms with Crippen molar-refractivity contribution < 1.29 is 8.97 Å². The average Bonchev–Trinajstić information content (AvgIpc) is 2.28. The van der Waals surface area contributed by atoms with Crippen LogP contribution in [-0.2, 0) is 12.8 Å². The maximum atomic E-state index is 2.32. The first kappa shape index (κ1) is 17.2. The standard InChI is InChI=1S/C18H34N2/c1-19(2,3)15-7-9-17-11-13-18(14-12-17)10-8-16-20(4,5)6/h11-14H,7-10,15-16H2,1-6H3/q+2. The van der Waals surface area contributed by atoms with E-state index in [9.17, 15) is 0 Å². The Morgan fingerprint density at radius 3 is 1.15 bits per heavy atom. The van der Waals surface area contributed by atoms with Gasteiger partial charge >= 0.3 is 0 Å². The largest absolute Gasteiger partial charge is 0.331 e. The average molecular weight is 278 g/mol. The molecule has 0 amide bonds. The Morgan fingerprint density at radius 1 is 0.600 bits per heavy atom. The van der Waals surface area contributed by atoms with Crippen LogP contribution in [0.1, 0.15) is 24.0 Å². The molecular formula is C18H34N2+2. The van der Waals surface area contributed by atoms with Gasteiger partial charge in [-0.25, -0.2) is 0 Å². The van der Waals surface area contributed by atoms with Crippen LogP contribution in [0, 0.1) is 0 Å². The highest BCUT2D eigenvalue weighted by Crippen LogP contribution is 2.10. The molecule has 0 aromatic heterocycles. The molecule has 20 heavy (non-hydrogen) atoms. The lowest BCUT2D eigenvalue weighted by Gasteiger charge is -2.24. The quantitative estimate of drug-likeness (QED) is 0.641. The Bertz CT molecular complexity index is 340. The van der Waals surface area contributed by atoms with Crippen molar-refractivity contribution in [3.63, 3.8) is 0 Å². The van der Waals surface area contributed by atoms with Crippen molar-refractivity contribution in [1.82, 2.24) is 0 Å². The molecule has 0 aliphatic heterocycles. The van der Waals surface area contributed by atoms with Crippen LogP contribution >= 0.6 is 0 Å². The van der Waals surface area contributed by atoms with Gasteiger partial charge in [0, 0.05) is 12.8 Å². The predicted octanol–water partition coefficient (Wildman–Crippen LogP) is 2.96. The molecule has 0 fully saturated rings. The molecule has 2 nitrogen and oxygen atoms in total. The van der Waals surface area contributed by atoms with Crippen molar-refractivity contribution in [1.29, 1.82) is 0 Å². The van der Waals surface area contributed by atoms with Crippen LogP contribution in [0.2, 0.25) is 0 Å². The van der Waals surface area contributed by atoms with Crippen molar-refractivity contribution >= 4 is 0 Å². The highest BCUT2D eigenvalue weighted by atomic mass is 15.3. The van der Waals surface area contributed by atoms with Gasteiger partial charge in [-0.3, -0.25) is 0 Å². The number of hydrogen-bond acceptors (Lipinski definition) is 0. The van der Waals surface area contributed by atoms with Gasteiger partial charge in [0.25, 0.3) is 0 Å². The molecular weight excluding hydrogens is 244 g/mol. The molecule has 0 bridgehead atoms. The minimum absolute atomic E-state index is 1.06. The van der Waals surface area contributed by atoms with Crippen molar-refractivity contribution in [3.05, 3.63) is 35.4 Å². The normalized spacial score (nSPS) is 12.7. The molecule has 1 rings (SSSR count). The minimum Gasteiger partial charge on any atom is -0.331 e. The van der Waals surface area contributed by atoms with Gasteiger partial charge in [0.05, 0.1) is 55.4 Å². The fourth-order valence-electron chi connectivity index (χ4n) is 2.39. The van der Waals surface area contributed by atoms with Crippen molar-refractivity contribution in [3.8, 4) is 0 Å². The number of rotatable bonds is 8. The van der Waals surface area contributed by atoms with E-state index < -0.39 is 0 Å². The third-order valence-electron chi connectivity index (χ3n) is 3.61. The molecule has 1 aromatic carbocycles. The van der Waals surface area contributed by atoms with E-state index in [0.717, 1.165) is 8.97 Å². The second kappa shape index (κ2) is 7.24. The Balaban J connectivity index is 2.33. The summed E-state index contributed by atoms with van der Waals surface area (Å²) in [6.45, 7) is 2.48. The lowest BCUT2D eigenvalue weighted by molar-refractivity contribution is -0.870. The smallest absolute Gasteiger partial charge is 0.0783 e. The number of benzene rings is 1. The summed E-state index contributed by atoms with van der Waals surface area (Å²) in [4.78, 5) is 0. The lowest BCUT2D eigenvalue weighted by Crippen LogP contribution is -2.35. The third kappa shape index (κ3) is 8.34. The number of hydrogen-bond donors (Lipinski definition) is 0. The molecule has 0 N–H and O–H groups in total. The Kier molecular flexibility index (Phi) is 6.22. The highest BCUT2D eigenvalue weighted by molar-refractivity contribution is 5.22. The van der Waals surface area contributed by atoms with E-state index in [1.54, 1.807) is 0 Å². The zero-order chi connectivity index (χ0) is 15.2. The van der Waals surface area contributed by atoms with E-state index in [-0.39, 0.29) is 0 Å². The first-order chi connectivity index (χ1) is 9.16. The van der Waals surface area contributed by atoms with Crippen LogP contribution in [0.25, 0.3) is 0 Å². The van der Waals surface area contributed by atoms with Crippen LogP contribution in [0.3, 0.4) is 0 Å². The molecule has 0 heterocycles. The van der Waals surface area contributed by atoms with Gasteiger partial charge in [-0.15, -0.1) is 0 Å². The first-order valence-corrected chi connectivity index (χ1v) is 7.84. The molecule has 0 atom stereocenters. The summed E-state index contributed by atoms with van der Waals surface area (Å²) < 4.78 is 2.12. The predicted molar refractivity (Wildman–Crippen MR) is 88.9 cm³/mol. The van der Waals surface area contributed by atoms with Gasteiger partial charge in [-0.05, 0) is 24.0 Å². The minimum atomic E-state index is 1.06. The third-order valence-corrected chi connectivity index (χ3v) is 3.61. The monoisotopic (exact) mass is 278 g/mol. The van der Waals surface area contributed by atoms with Crippen molar-refractivity contribution in [2.24, 2.45) is 0 Å². The van der Waals surface area contributed by atoms with Gasteiger partial charge in [-0.1, -0.05) is 24.3 Å². The summed E-state index contributed by atoms with van der Waals surface area (Å²) >= 11 is 0. The zero-order valence-electron chi connectivity index (χ0n) is 14.4. The van der Waals surface area contributed by atoms with Gasteiger partial charge in [0.15, 0.2) is 0 Å². The Morgan fingerprint density at radius 2 is 0.900 bits per heavy atom. The van der Waals surface area contributed by atoms with Crippen LogP contribution in [0.15, 0.2) is 24.3 Å². The lowest BCUT2D eigenvalue weighted by atomic mass is 10.0. The van der Waals surface area contributed by atoms with E-state index in [1.807, 2.05) is 0 Å². The topological polar surface area (TPSA) is 0 Å². The van der Waals surface area contributed by atoms with Gasteiger partial charge < -0.3 is 8.97 Å². The Labute approximate surface area is 126 Å². The summed E-state index contributed by atoms with van der Waals surface area (Å²) in [5.41, 5.74) is 2.96. The first-order valence-electron chi connectivity index (χ1n) is 7.84. The molecule has 2 heteroatoms. The molecule has 0 saturated carbocycles. The summed E-state index contributed by atoms with van der Waals surface area (Å²) in [6.07, 6.45) is 4.94. The van der Waals surface area contributed by atoms with E-state index in [4.69, 9.17) is 0 Å². The molecule has 0 radical (unpaired) electrons. The maximum Gasteiger partial charge on any atom is 0.0783 e. The second-order valence-corrected chi connectivity index (χ2v) is 8.05. The van der Waals surface area contributed by atoms with Crippen molar-refractivity contribution in [2.45, 2.75) is 25.7 Å². The fourth-order valence-corrected chi connectivity index (χ4v) is 2.39. The molecule has 0 spiro atoms. The fraction of sp³-hybridized carbons (Fsp3) is 0.667. The summed E-state index contributed by atoms with van der Waals surface area (Å²) in [7, 11) is 13.6. The zero-order valence-corrected chi connectivity index (χ0v) is 14.4. The van der Waals surface area contributed by atoms with Crippen molar-refractivity contribution in [2.75, 3.05) is 55.4 Å². The van der Waals surface area contributed by atoms with Crippen LogP contribution < -0.4 is 0 Å². The summed E-state index contributed by atoms with van der Waals surface area (Å²) in [5, 5.41) is 0. The summed E-state index contributed by atoms with van der Waals surface area (Å²) in [6, 6.07) is 9.27. The number of nitrogens with zero attached hydrogens (tertiary/aromatic N) is 2.